The van der Waals surface area contributed by atoms with Crippen LogP contribution in [0.2, 0.25) is 0 Å². The Kier molecular flexibility index (Phi) is 3.84. The van der Waals surface area contributed by atoms with Crippen LogP contribution in [0.5, 0.6) is 0 Å². The van der Waals surface area contributed by atoms with Gasteiger partial charge in [-0.1, -0.05) is 5.16 Å². The molecule has 7 heteroatoms. The van der Waals surface area contributed by atoms with Crippen LogP contribution in [0.15, 0.2) is 4.52 Å². The normalized spacial score (nSPS) is 29.3. The van der Waals surface area contributed by atoms with E-state index in [-0.39, 0.29) is 12.1 Å². The average molecular weight is 255 g/mol. The van der Waals surface area contributed by atoms with Crippen LogP contribution in [-0.2, 0) is 20.6 Å². The number of hydrogen-bond acceptors (Lipinski definition) is 7. The summed E-state index contributed by atoms with van der Waals surface area (Å²) in [5.74, 6) is 1.18. The number of rotatable bonds is 3. The molecule has 1 N–H and O–H groups in total. The number of nitrogens with zero attached hydrogens (tertiary/aromatic N) is 2. The third kappa shape index (κ3) is 2.86. The molecule has 0 bridgehead atoms. The molecule has 0 aromatic carbocycles. The van der Waals surface area contributed by atoms with E-state index in [1.54, 1.807) is 0 Å². The quantitative estimate of drug-likeness (QED) is 0.793. The fourth-order valence-corrected chi connectivity index (χ4v) is 2.08. The van der Waals surface area contributed by atoms with E-state index in [0.29, 0.717) is 44.6 Å². The van der Waals surface area contributed by atoms with Gasteiger partial charge in [0.1, 0.15) is 6.10 Å². The Morgan fingerprint density at radius 1 is 1.17 bits per heavy atom. The minimum absolute atomic E-state index is 0.202. The predicted octanol–water partition coefficient (Wildman–Crippen LogP) is -0.312. The van der Waals surface area contributed by atoms with Crippen molar-refractivity contribution in [2.75, 3.05) is 39.6 Å². The predicted molar refractivity (Wildman–Crippen MR) is 60.1 cm³/mol. The third-order valence-corrected chi connectivity index (χ3v) is 3.01. The number of hydrogen-bond donors (Lipinski definition) is 1. The fraction of sp³-hybridized carbons (Fsp3) is 0.818. The second kappa shape index (κ2) is 5.75. The number of morpholine rings is 1. The van der Waals surface area contributed by atoms with Crippen LogP contribution in [0.1, 0.15) is 17.8 Å². The van der Waals surface area contributed by atoms with Gasteiger partial charge in [0.25, 0.3) is 0 Å². The van der Waals surface area contributed by atoms with Crippen molar-refractivity contribution in [3.8, 4) is 0 Å². The highest BCUT2D eigenvalue weighted by Crippen LogP contribution is 2.18. The Balaban J connectivity index is 1.58. The lowest BCUT2D eigenvalue weighted by Crippen LogP contribution is -2.42. The molecule has 2 unspecified atom stereocenters. The largest absolute Gasteiger partial charge is 0.378 e. The Labute approximate surface area is 105 Å². The van der Waals surface area contributed by atoms with Gasteiger partial charge in [-0.3, -0.25) is 0 Å². The first-order chi connectivity index (χ1) is 8.92. The van der Waals surface area contributed by atoms with Gasteiger partial charge >= 0.3 is 0 Å². The molecular weight excluding hydrogens is 238 g/mol. The summed E-state index contributed by atoms with van der Waals surface area (Å²) in [7, 11) is 0. The van der Waals surface area contributed by atoms with Crippen LogP contribution < -0.4 is 5.32 Å². The molecule has 2 aliphatic rings. The van der Waals surface area contributed by atoms with E-state index in [0.717, 1.165) is 13.2 Å². The number of ether oxygens (including phenoxy) is 3. The first-order valence-electron chi connectivity index (χ1n) is 6.25. The topological polar surface area (TPSA) is 78.6 Å². The van der Waals surface area contributed by atoms with Gasteiger partial charge < -0.3 is 24.1 Å². The molecule has 0 radical (unpaired) electrons. The maximum atomic E-state index is 5.52. The highest BCUT2D eigenvalue weighted by Gasteiger charge is 2.23. The molecule has 2 saturated heterocycles. The monoisotopic (exact) mass is 255 g/mol. The van der Waals surface area contributed by atoms with Crippen LogP contribution in [0.4, 0.5) is 0 Å². The van der Waals surface area contributed by atoms with Gasteiger partial charge in [0.15, 0.2) is 0 Å². The lowest BCUT2D eigenvalue weighted by Gasteiger charge is -2.22. The van der Waals surface area contributed by atoms with Gasteiger partial charge in [0.05, 0.1) is 33.0 Å². The number of nitrogens with one attached hydrogen (secondary N) is 1. The van der Waals surface area contributed by atoms with Gasteiger partial charge in [0.2, 0.25) is 11.7 Å². The van der Waals surface area contributed by atoms with E-state index in [9.17, 15) is 0 Å². The summed E-state index contributed by atoms with van der Waals surface area (Å²) in [6, 6.07) is 0.246. The lowest BCUT2D eigenvalue weighted by molar-refractivity contribution is -0.0941. The minimum atomic E-state index is -0.202. The van der Waals surface area contributed by atoms with Crippen molar-refractivity contribution < 1.29 is 18.7 Å². The highest BCUT2D eigenvalue weighted by atomic mass is 16.6. The van der Waals surface area contributed by atoms with Crippen molar-refractivity contribution >= 4 is 0 Å². The van der Waals surface area contributed by atoms with E-state index >= 15 is 0 Å². The first-order valence-corrected chi connectivity index (χ1v) is 6.25. The van der Waals surface area contributed by atoms with Gasteiger partial charge in [-0.15, -0.1) is 0 Å². The van der Waals surface area contributed by atoms with Gasteiger partial charge in [-0.25, -0.2) is 0 Å². The summed E-state index contributed by atoms with van der Waals surface area (Å²) in [5.41, 5.74) is 0. The van der Waals surface area contributed by atoms with Crippen molar-refractivity contribution in [1.82, 2.24) is 15.5 Å². The minimum Gasteiger partial charge on any atom is -0.378 e. The second-order valence-corrected chi connectivity index (χ2v) is 4.41. The number of aromatic nitrogens is 2. The van der Waals surface area contributed by atoms with Gasteiger partial charge in [-0.2, -0.15) is 4.98 Å². The van der Waals surface area contributed by atoms with Crippen molar-refractivity contribution in [2.24, 2.45) is 0 Å². The summed E-state index contributed by atoms with van der Waals surface area (Å²) < 4.78 is 21.4. The molecule has 2 aliphatic heterocycles. The van der Waals surface area contributed by atoms with Crippen LogP contribution in [0.25, 0.3) is 0 Å². The Morgan fingerprint density at radius 3 is 2.89 bits per heavy atom. The molecule has 18 heavy (non-hydrogen) atoms. The third-order valence-electron chi connectivity index (χ3n) is 3.01. The Morgan fingerprint density at radius 2 is 2.11 bits per heavy atom. The molecule has 0 saturated carbocycles. The molecule has 3 rings (SSSR count). The standard InChI is InChI=1S/C11H17N3O4/c1-2-15-6-8(12-1)5-10-13-11(14-18-10)9-7-16-3-4-17-9/h8-9,12H,1-7H2. The molecule has 2 atom stereocenters. The SMILES string of the molecule is C1COCC(Cc2nc(C3COCCO3)no2)N1. The molecule has 7 nitrogen and oxygen atoms in total. The van der Waals surface area contributed by atoms with Crippen molar-refractivity contribution in [3.63, 3.8) is 0 Å². The smallest absolute Gasteiger partial charge is 0.228 e. The van der Waals surface area contributed by atoms with Crippen molar-refractivity contribution in [2.45, 2.75) is 18.6 Å². The van der Waals surface area contributed by atoms with Crippen LogP contribution in [-0.4, -0.2) is 55.8 Å². The molecule has 3 heterocycles. The summed E-state index contributed by atoms with van der Waals surface area (Å²) in [6.45, 7) is 4.01. The molecule has 0 amide bonds. The average Bonchev–Trinajstić information content (AvgIpc) is 2.89. The molecule has 2 fully saturated rings. The highest BCUT2D eigenvalue weighted by molar-refractivity contribution is 4.94. The van der Waals surface area contributed by atoms with Gasteiger partial charge in [0, 0.05) is 19.0 Å². The van der Waals surface area contributed by atoms with E-state index < -0.39 is 0 Å². The second-order valence-electron chi connectivity index (χ2n) is 4.41. The molecule has 100 valence electrons. The van der Waals surface area contributed by atoms with Gasteiger partial charge in [-0.05, 0) is 0 Å². The summed E-state index contributed by atoms with van der Waals surface area (Å²) in [6.07, 6.45) is 0.479. The zero-order chi connectivity index (χ0) is 12.2. The van der Waals surface area contributed by atoms with E-state index in [1.165, 1.54) is 0 Å². The van der Waals surface area contributed by atoms with Crippen LogP contribution in [0.3, 0.4) is 0 Å². The van der Waals surface area contributed by atoms with Crippen LogP contribution >= 0.6 is 0 Å². The molecule has 0 aliphatic carbocycles. The Hall–Kier alpha value is -1.02. The summed E-state index contributed by atoms with van der Waals surface area (Å²) in [4.78, 5) is 4.35. The lowest BCUT2D eigenvalue weighted by atomic mass is 10.2. The fourth-order valence-electron chi connectivity index (χ4n) is 2.08. The molecular formula is C11H17N3O4. The van der Waals surface area contributed by atoms with E-state index in [1.807, 2.05) is 0 Å². The summed E-state index contributed by atoms with van der Waals surface area (Å²) in [5, 5.41) is 7.29. The molecule has 1 aromatic heterocycles. The van der Waals surface area contributed by atoms with E-state index in [4.69, 9.17) is 18.7 Å². The van der Waals surface area contributed by atoms with E-state index in [2.05, 4.69) is 15.5 Å². The molecule has 0 spiro atoms. The first kappa shape index (κ1) is 12.0. The maximum absolute atomic E-state index is 5.52. The zero-order valence-electron chi connectivity index (χ0n) is 10.1. The Bertz CT molecular complexity index is 372. The van der Waals surface area contributed by atoms with Crippen LogP contribution in [0, 0.1) is 0 Å². The zero-order valence-corrected chi connectivity index (χ0v) is 10.1. The van der Waals surface area contributed by atoms with Crippen molar-refractivity contribution in [3.05, 3.63) is 11.7 Å². The van der Waals surface area contributed by atoms with Crippen molar-refractivity contribution in [1.29, 1.82) is 0 Å². The summed E-state index contributed by atoms with van der Waals surface area (Å²) >= 11 is 0. The maximum Gasteiger partial charge on any atom is 0.228 e. The molecule has 1 aromatic rings.